The van der Waals surface area contributed by atoms with Crippen molar-refractivity contribution in [2.45, 2.75) is 18.6 Å². The van der Waals surface area contributed by atoms with Crippen LogP contribution < -0.4 is 5.32 Å². The second-order valence-electron chi connectivity index (χ2n) is 5.88. The SMILES string of the molecule is COCC(C)(NC(=O)c1cc2cc(C(F)(F)F)ccc2n1C)C(=O)O. The molecule has 2 N–H and O–H groups in total. The van der Waals surface area contributed by atoms with Crippen molar-refractivity contribution < 1.29 is 32.6 Å². The number of carbonyl (C=O) groups excluding carboxylic acids is 1. The van der Waals surface area contributed by atoms with E-state index in [1.165, 1.54) is 37.8 Å². The summed E-state index contributed by atoms with van der Waals surface area (Å²) in [6.45, 7) is 1.01. The fraction of sp³-hybridized carbons (Fsp3) is 0.375. The van der Waals surface area contributed by atoms with Crippen molar-refractivity contribution in [3.8, 4) is 0 Å². The summed E-state index contributed by atoms with van der Waals surface area (Å²) in [7, 11) is 2.81. The Labute approximate surface area is 141 Å². The van der Waals surface area contributed by atoms with Crippen molar-refractivity contribution in [1.82, 2.24) is 9.88 Å². The lowest BCUT2D eigenvalue weighted by Gasteiger charge is -2.25. The van der Waals surface area contributed by atoms with Crippen LogP contribution >= 0.6 is 0 Å². The van der Waals surface area contributed by atoms with Gasteiger partial charge in [-0.15, -0.1) is 0 Å². The highest BCUT2D eigenvalue weighted by atomic mass is 19.4. The molecule has 2 aromatic rings. The summed E-state index contributed by atoms with van der Waals surface area (Å²) in [5.41, 5.74) is -2.04. The number of hydrogen-bond donors (Lipinski definition) is 2. The molecule has 2 rings (SSSR count). The number of hydrogen-bond acceptors (Lipinski definition) is 3. The highest BCUT2D eigenvalue weighted by Crippen LogP contribution is 2.32. The normalized spacial score (nSPS) is 14.3. The van der Waals surface area contributed by atoms with Crippen molar-refractivity contribution in [3.63, 3.8) is 0 Å². The third kappa shape index (κ3) is 3.60. The van der Waals surface area contributed by atoms with E-state index in [0.717, 1.165) is 12.1 Å². The predicted molar refractivity (Wildman–Crippen MR) is 83.3 cm³/mol. The number of amides is 1. The molecule has 6 nitrogen and oxygen atoms in total. The summed E-state index contributed by atoms with van der Waals surface area (Å²) in [6, 6.07) is 4.42. The lowest BCUT2D eigenvalue weighted by molar-refractivity contribution is -0.146. The molecule has 1 heterocycles. The number of ether oxygens (including phenoxy) is 1. The Morgan fingerprint density at radius 2 is 1.92 bits per heavy atom. The first kappa shape index (κ1) is 18.8. The molecule has 9 heteroatoms. The van der Waals surface area contributed by atoms with Crippen molar-refractivity contribution in [3.05, 3.63) is 35.5 Å². The molecule has 25 heavy (non-hydrogen) atoms. The minimum absolute atomic E-state index is 0.0397. The van der Waals surface area contributed by atoms with Crippen molar-refractivity contribution in [2.75, 3.05) is 13.7 Å². The van der Waals surface area contributed by atoms with Gasteiger partial charge in [-0.25, -0.2) is 4.79 Å². The average Bonchev–Trinajstić information content (AvgIpc) is 2.83. The minimum atomic E-state index is -4.49. The summed E-state index contributed by atoms with van der Waals surface area (Å²) < 4.78 is 44.7. The molecule has 0 saturated carbocycles. The largest absolute Gasteiger partial charge is 0.479 e. The Morgan fingerprint density at radius 1 is 1.28 bits per heavy atom. The number of nitrogens with one attached hydrogen (secondary N) is 1. The lowest BCUT2D eigenvalue weighted by atomic mass is 10.0. The van der Waals surface area contributed by atoms with E-state index >= 15 is 0 Å². The molecule has 0 spiro atoms. The van der Waals surface area contributed by atoms with Gasteiger partial charge in [0, 0.05) is 25.1 Å². The number of alkyl halides is 3. The van der Waals surface area contributed by atoms with Gasteiger partial charge in [0.15, 0.2) is 5.54 Å². The number of aliphatic carboxylic acids is 1. The predicted octanol–water partition coefficient (Wildman–Crippen LogP) is 2.42. The van der Waals surface area contributed by atoms with E-state index in [2.05, 4.69) is 5.32 Å². The molecule has 0 radical (unpaired) electrons. The molecule has 1 unspecified atom stereocenters. The van der Waals surface area contributed by atoms with Crippen LogP contribution in [0, 0.1) is 0 Å². The summed E-state index contributed by atoms with van der Waals surface area (Å²) >= 11 is 0. The molecule has 136 valence electrons. The van der Waals surface area contributed by atoms with E-state index in [1.807, 2.05) is 0 Å². The van der Waals surface area contributed by atoms with Gasteiger partial charge in [0.2, 0.25) is 0 Å². The van der Waals surface area contributed by atoms with Crippen molar-refractivity contribution in [2.24, 2.45) is 7.05 Å². The van der Waals surface area contributed by atoms with Gasteiger partial charge in [-0.3, -0.25) is 4.79 Å². The molecule has 1 aromatic carbocycles. The average molecular weight is 358 g/mol. The van der Waals surface area contributed by atoms with Gasteiger partial charge in [-0.2, -0.15) is 13.2 Å². The quantitative estimate of drug-likeness (QED) is 0.860. The van der Waals surface area contributed by atoms with Crippen LogP contribution in [0.1, 0.15) is 23.0 Å². The van der Waals surface area contributed by atoms with Gasteiger partial charge in [0.05, 0.1) is 12.2 Å². The van der Waals surface area contributed by atoms with Gasteiger partial charge in [0.25, 0.3) is 5.91 Å². The number of benzene rings is 1. The summed E-state index contributed by atoms with van der Waals surface area (Å²) in [5.74, 6) is -2.02. The smallest absolute Gasteiger partial charge is 0.416 e. The summed E-state index contributed by atoms with van der Waals surface area (Å²) in [4.78, 5) is 23.8. The number of carboxylic acid groups (broad SMARTS) is 1. The van der Waals surface area contributed by atoms with Crippen LogP contribution in [-0.2, 0) is 22.8 Å². The molecular weight excluding hydrogens is 341 g/mol. The standard InChI is InChI=1S/C16H17F3N2O4/c1-15(8-25-3,14(23)24)20-13(22)12-7-9-6-10(16(17,18)19)4-5-11(9)21(12)2/h4-7H,8H2,1-3H3,(H,20,22)(H,23,24). The van der Waals surface area contributed by atoms with E-state index in [4.69, 9.17) is 4.74 Å². The van der Waals surface area contributed by atoms with Gasteiger partial charge >= 0.3 is 12.1 Å². The number of fused-ring (bicyclic) bond motifs is 1. The number of nitrogens with zero attached hydrogens (tertiary/aromatic N) is 1. The van der Waals surface area contributed by atoms with E-state index < -0.39 is 29.2 Å². The number of aromatic nitrogens is 1. The first-order valence-electron chi connectivity index (χ1n) is 7.21. The van der Waals surface area contributed by atoms with E-state index in [1.54, 1.807) is 0 Å². The van der Waals surface area contributed by atoms with Crippen molar-refractivity contribution >= 4 is 22.8 Å². The maximum atomic E-state index is 12.8. The minimum Gasteiger partial charge on any atom is -0.479 e. The second-order valence-corrected chi connectivity index (χ2v) is 5.88. The molecule has 0 fully saturated rings. The molecule has 1 amide bonds. The Hall–Kier alpha value is -2.55. The number of carboxylic acids is 1. The molecule has 1 aromatic heterocycles. The van der Waals surface area contributed by atoms with Gasteiger partial charge in [-0.05, 0) is 31.2 Å². The molecule has 0 bridgehead atoms. The first-order chi connectivity index (χ1) is 11.5. The first-order valence-corrected chi connectivity index (χ1v) is 7.21. The highest BCUT2D eigenvalue weighted by molar-refractivity contribution is 6.01. The molecule has 0 aliphatic rings. The van der Waals surface area contributed by atoms with Crippen LogP contribution in [0.4, 0.5) is 13.2 Å². The maximum absolute atomic E-state index is 12.8. The van der Waals surface area contributed by atoms with Crippen molar-refractivity contribution in [1.29, 1.82) is 0 Å². The zero-order chi connectivity index (χ0) is 19.0. The van der Waals surface area contributed by atoms with Gasteiger partial charge in [-0.1, -0.05) is 0 Å². The van der Waals surface area contributed by atoms with Gasteiger partial charge < -0.3 is 19.7 Å². The Balaban J connectivity index is 2.42. The number of carbonyl (C=O) groups is 2. The number of aryl methyl sites for hydroxylation is 1. The van der Waals surface area contributed by atoms with E-state index in [9.17, 15) is 27.9 Å². The zero-order valence-corrected chi connectivity index (χ0v) is 13.8. The van der Waals surface area contributed by atoms with Crippen LogP contribution in [0.3, 0.4) is 0 Å². The molecule has 1 atom stereocenters. The topological polar surface area (TPSA) is 80.6 Å². The maximum Gasteiger partial charge on any atom is 0.416 e. The second kappa shape index (κ2) is 6.40. The van der Waals surface area contributed by atoms with Gasteiger partial charge in [0.1, 0.15) is 5.69 Å². The Morgan fingerprint density at radius 3 is 2.44 bits per heavy atom. The fourth-order valence-electron chi connectivity index (χ4n) is 2.50. The molecule has 0 saturated heterocycles. The monoisotopic (exact) mass is 358 g/mol. The van der Waals surface area contributed by atoms with Crippen LogP contribution in [0.5, 0.6) is 0 Å². The Bertz CT molecular complexity index is 829. The third-order valence-corrected chi connectivity index (χ3v) is 3.90. The summed E-state index contributed by atoms with van der Waals surface area (Å²) in [6.07, 6.45) is -4.49. The molecule has 0 aliphatic carbocycles. The van der Waals surface area contributed by atoms with E-state index in [-0.39, 0.29) is 17.7 Å². The molecular formula is C16H17F3N2O4. The number of methoxy groups -OCH3 is 1. The fourth-order valence-corrected chi connectivity index (χ4v) is 2.50. The number of rotatable bonds is 5. The third-order valence-electron chi connectivity index (χ3n) is 3.90. The Kier molecular flexibility index (Phi) is 4.81. The zero-order valence-electron chi connectivity index (χ0n) is 13.8. The van der Waals surface area contributed by atoms with Crippen LogP contribution in [0.25, 0.3) is 10.9 Å². The lowest BCUT2D eigenvalue weighted by Crippen LogP contribution is -2.55. The highest BCUT2D eigenvalue weighted by Gasteiger charge is 2.36. The van der Waals surface area contributed by atoms with Crippen LogP contribution in [0.15, 0.2) is 24.3 Å². The van der Waals surface area contributed by atoms with Crippen LogP contribution in [-0.4, -0.2) is 40.8 Å². The number of halogens is 3. The van der Waals surface area contributed by atoms with Crippen LogP contribution in [0.2, 0.25) is 0 Å². The molecule has 0 aliphatic heterocycles. The summed E-state index contributed by atoms with van der Waals surface area (Å²) in [5, 5.41) is 11.8. The van der Waals surface area contributed by atoms with E-state index in [0.29, 0.717) is 5.52 Å².